The van der Waals surface area contributed by atoms with E-state index < -0.39 is 22.8 Å². The maximum atomic E-state index is 12.2. The van der Waals surface area contributed by atoms with Gasteiger partial charge in [0, 0.05) is 12.1 Å². The normalized spacial score (nSPS) is 11.8. The number of hydrogen-bond acceptors (Lipinski definition) is 5. The Balaban J connectivity index is 3.07. The molecule has 0 aliphatic heterocycles. The van der Waals surface area contributed by atoms with E-state index in [1.165, 1.54) is 19.2 Å². The number of nitrogens with zero attached hydrogens (tertiary/aromatic N) is 1. The summed E-state index contributed by atoms with van der Waals surface area (Å²) >= 11 is 0. The van der Waals surface area contributed by atoms with Gasteiger partial charge in [-0.05, 0) is 18.4 Å². The summed E-state index contributed by atoms with van der Waals surface area (Å²) in [7, 11) is 1.32. The first-order chi connectivity index (χ1) is 10.3. The van der Waals surface area contributed by atoms with Crippen LogP contribution in [0, 0.1) is 16.0 Å². The van der Waals surface area contributed by atoms with Gasteiger partial charge in [-0.1, -0.05) is 13.8 Å². The number of amides is 1. The molecule has 8 heteroatoms. The quantitative estimate of drug-likeness (QED) is 0.586. The number of nitro groups is 1. The minimum atomic E-state index is -1.16. The van der Waals surface area contributed by atoms with Crippen molar-refractivity contribution in [2.45, 2.75) is 26.3 Å². The zero-order valence-electron chi connectivity index (χ0n) is 12.5. The first-order valence-electron chi connectivity index (χ1n) is 6.62. The first kappa shape index (κ1) is 17.4. The van der Waals surface area contributed by atoms with E-state index in [1.807, 2.05) is 13.8 Å². The van der Waals surface area contributed by atoms with Crippen LogP contribution in [0.5, 0.6) is 5.75 Å². The van der Waals surface area contributed by atoms with Gasteiger partial charge in [0.2, 0.25) is 0 Å². The molecule has 0 radical (unpaired) electrons. The predicted molar refractivity (Wildman–Crippen MR) is 78.0 cm³/mol. The smallest absolute Gasteiger partial charge is 0.326 e. The second-order valence-electron chi connectivity index (χ2n) is 5.14. The van der Waals surface area contributed by atoms with Crippen molar-refractivity contribution < 1.29 is 24.4 Å². The second kappa shape index (κ2) is 7.39. The van der Waals surface area contributed by atoms with E-state index in [1.54, 1.807) is 0 Å². The molecule has 1 aromatic rings. The molecule has 22 heavy (non-hydrogen) atoms. The minimum absolute atomic E-state index is 0.0633. The fourth-order valence-electron chi connectivity index (χ4n) is 1.92. The lowest BCUT2D eigenvalue weighted by Crippen LogP contribution is -2.41. The molecule has 1 atom stereocenters. The number of nitrogens with one attached hydrogen (secondary N) is 1. The lowest BCUT2D eigenvalue weighted by atomic mass is 10.0. The Morgan fingerprint density at radius 1 is 1.41 bits per heavy atom. The van der Waals surface area contributed by atoms with Crippen LogP contribution in [0.3, 0.4) is 0 Å². The number of benzene rings is 1. The highest BCUT2D eigenvalue weighted by atomic mass is 16.6. The van der Waals surface area contributed by atoms with E-state index in [-0.39, 0.29) is 29.3 Å². The van der Waals surface area contributed by atoms with E-state index in [0.717, 1.165) is 6.07 Å². The van der Waals surface area contributed by atoms with E-state index in [4.69, 9.17) is 9.84 Å². The first-order valence-corrected chi connectivity index (χ1v) is 6.62. The zero-order chi connectivity index (χ0) is 16.9. The van der Waals surface area contributed by atoms with Crippen molar-refractivity contribution in [2.24, 2.45) is 5.92 Å². The fraction of sp³-hybridized carbons (Fsp3) is 0.429. The number of rotatable bonds is 7. The molecule has 0 aliphatic carbocycles. The van der Waals surface area contributed by atoms with Crippen LogP contribution in [-0.4, -0.2) is 35.1 Å². The van der Waals surface area contributed by atoms with Crippen molar-refractivity contribution in [3.8, 4) is 5.75 Å². The fourth-order valence-corrected chi connectivity index (χ4v) is 1.92. The standard InChI is InChI=1S/C14H18N2O6/c1-8(2)6-11(14(18)19)15-13(17)10-7-9(16(20)21)4-5-12(10)22-3/h4-5,7-8,11H,6H2,1-3H3,(H,15,17)(H,18,19)/t11-/m1/s1. The van der Waals surface area contributed by atoms with Gasteiger partial charge in [0.05, 0.1) is 17.6 Å². The maximum Gasteiger partial charge on any atom is 0.326 e. The van der Waals surface area contributed by atoms with Gasteiger partial charge in [0.15, 0.2) is 0 Å². The van der Waals surface area contributed by atoms with Gasteiger partial charge in [-0.3, -0.25) is 14.9 Å². The van der Waals surface area contributed by atoms with Gasteiger partial charge in [0.1, 0.15) is 11.8 Å². The van der Waals surface area contributed by atoms with E-state index in [9.17, 15) is 19.7 Å². The number of carbonyl (C=O) groups is 2. The van der Waals surface area contributed by atoms with E-state index in [2.05, 4.69) is 5.32 Å². The molecule has 0 unspecified atom stereocenters. The molecule has 0 fully saturated rings. The van der Waals surface area contributed by atoms with Crippen molar-refractivity contribution in [3.63, 3.8) is 0 Å². The van der Waals surface area contributed by atoms with Crippen LogP contribution < -0.4 is 10.1 Å². The average molecular weight is 310 g/mol. The Bertz CT molecular complexity index is 585. The minimum Gasteiger partial charge on any atom is -0.496 e. The van der Waals surface area contributed by atoms with Gasteiger partial charge in [-0.15, -0.1) is 0 Å². The SMILES string of the molecule is COc1ccc([N+](=O)[O-])cc1C(=O)N[C@H](CC(C)C)C(=O)O. The van der Waals surface area contributed by atoms with E-state index in [0.29, 0.717) is 0 Å². The third-order valence-electron chi connectivity index (χ3n) is 2.95. The average Bonchev–Trinajstić information content (AvgIpc) is 2.44. The van der Waals surface area contributed by atoms with Crippen LogP contribution >= 0.6 is 0 Å². The number of nitro benzene ring substituents is 1. The molecule has 1 rings (SSSR count). The van der Waals surface area contributed by atoms with Crippen molar-refractivity contribution in [3.05, 3.63) is 33.9 Å². The van der Waals surface area contributed by atoms with Crippen molar-refractivity contribution in [2.75, 3.05) is 7.11 Å². The molecule has 0 aliphatic rings. The third kappa shape index (κ3) is 4.44. The Hall–Kier alpha value is -2.64. The summed E-state index contributed by atoms with van der Waals surface area (Å²) in [5.41, 5.74) is -0.353. The van der Waals surface area contributed by atoms with Crippen molar-refractivity contribution in [1.29, 1.82) is 0 Å². The molecule has 0 aromatic heterocycles. The summed E-state index contributed by atoms with van der Waals surface area (Å²) in [5.74, 6) is -1.69. The van der Waals surface area contributed by atoms with Gasteiger partial charge in [-0.25, -0.2) is 4.79 Å². The highest BCUT2D eigenvalue weighted by Gasteiger charge is 2.24. The van der Waals surface area contributed by atoms with Crippen molar-refractivity contribution in [1.82, 2.24) is 5.32 Å². The highest BCUT2D eigenvalue weighted by molar-refractivity contribution is 5.99. The number of hydrogen-bond donors (Lipinski definition) is 2. The maximum absolute atomic E-state index is 12.2. The van der Waals surface area contributed by atoms with Crippen LogP contribution in [-0.2, 0) is 4.79 Å². The Morgan fingerprint density at radius 3 is 2.50 bits per heavy atom. The second-order valence-corrected chi connectivity index (χ2v) is 5.14. The summed E-state index contributed by atoms with van der Waals surface area (Å²) in [6, 6.07) is 2.49. The summed E-state index contributed by atoms with van der Waals surface area (Å²) in [6.45, 7) is 3.66. The molecule has 1 amide bonds. The summed E-state index contributed by atoms with van der Waals surface area (Å²) in [5, 5.41) is 22.3. The van der Waals surface area contributed by atoms with Crippen LogP contribution in [0.2, 0.25) is 0 Å². The Kier molecular flexibility index (Phi) is 5.85. The summed E-state index contributed by atoms with van der Waals surface area (Å²) in [4.78, 5) is 33.5. The van der Waals surface area contributed by atoms with Crippen LogP contribution in [0.1, 0.15) is 30.6 Å². The van der Waals surface area contributed by atoms with Crippen LogP contribution in [0.4, 0.5) is 5.69 Å². The Morgan fingerprint density at radius 2 is 2.05 bits per heavy atom. The number of non-ortho nitro benzene ring substituents is 1. The number of carboxylic acids is 1. The van der Waals surface area contributed by atoms with Gasteiger partial charge in [-0.2, -0.15) is 0 Å². The predicted octanol–water partition coefficient (Wildman–Crippen LogP) is 1.83. The number of carboxylic acid groups (broad SMARTS) is 1. The molecule has 120 valence electrons. The monoisotopic (exact) mass is 310 g/mol. The molecule has 1 aromatic carbocycles. The molecule has 0 spiro atoms. The van der Waals surface area contributed by atoms with E-state index >= 15 is 0 Å². The lowest BCUT2D eigenvalue weighted by molar-refractivity contribution is -0.384. The Labute approximate surface area is 127 Å². The van der Waals surface area contributed by atoms with Gasteiger partial charge >= 0.3 is 5.97 Å². The third-order valence-corrected chi connectivity index (χ3v) is 2.95. The van der Waals surface area contributed by atoms with Crippen LogP contribution in [0.25, 0.3) is 0 Å². The number of ether oxygens (including phenoxy) is 1. The molecule has 0 bridgehead atoms. The summed E-state index contributed by atoms with van der Waals surface area (Å²) in [6.07, 6.45) is 0.248. The van der Waals surface area contributed by atoms with Crippen molar-refractivity contribution >= 4 is 17.6 Å². The molecule has 8 nitrogen and oxygen atoms in total. The highest BCUT2D eigenvalue weighted by Crippen LogP contribution is 2.24. The molecule has 0 saturated heterocycles. The molecular weight excluding hydrogens is 292 g/mol. The summed E-state index contributed by atoms with van der Waals surface area (Å²) < 4.78 is 4.99. The number of methoxy groups -OCH3 is 1. The zero-order valence-corrected chi connectivity index (χ0v) is 12.5. The largest absolute Gasteiger partial charge is 0.496 e. The number of carbonyl (C=O) groups excluding carboxylic acids is 1. The molecule has 0 heterocycles. The van der Waals surface area contributed by atoms with Gasteiger partial charge < -0.3 is 15.2 Å². The lowest BCUT2D eigenvalue weighted by Gasteiger charge is -2.17. The van der Waals surface area contributed by atoms with Gasteiger partial charge in [0.25, 0.3) is 11.6 Å². The number of aliphatic carboxylic acids is 1. The molecular formula is C14H18N2O6. The van der Waals surface area contributed by atoms with Crippen LogP contribution in [0.15, 0.2) is 18.2 Å². The molecule has 2 N–H and O–H groups in total. The topological polar surface area (TPSA) is 119 Å². The molecule has 0 saturated carbocycles.